The van der Waals surface area contributed by atoms with Crippen molar-refractivity contribution in [1.82, 2.24) is 0 Å². The molecule has 0 radical (unpaired) electrons. The molecule has 1 fully saturated rings. The molecular weight excluding hydrogens is 516 g/mol. The molecule has 3 atom stereocenters. The summed E-state index contributed by atoms with van der Waals surface area (Å²) in [5.74, 6) is 1.89. The van der Waals surface area contributed by atoms with Crippen LogP contribution in [0.5, 0.6) is 5.75 Å². The Balaban J connectivity index is 0.00000125. The van der Waals surface area contributed by atoms with Crippen molar-refractivity contribution in [2.45, 2.75) is 91.5 Å². The molecule has 3 unspecified atom stereocenters. The minimum absolute atomic E-state index is 0.122. The molecule has 2 aromatic rings. The molecule has 3 rings (SSSR count). The molecule has 0 bridgehead atoms. The van der Waals surface area contributed by atoms with Crippen LogP contribution in [0.1, 0.15) is 82.6 Å². The third kappa shape index (κ3) is 16.9. The number of benzene rings is 2. The molecule has 0 heterocycles. The van der Waals surface area contributed by atoms with Crippen LogP contribution in [0.4, 0.5) is 0 Å². The summed E-state index contributed by atoms with van der Waals surface area (Å²) in [6.45, 7) is 16.2. The fourth-order valence-electron chi connectivity index (χ4n) is 3.76. The number of hydrogen-bond donors (Lipinski definition) is 1. The lowest BCUT2D eigenvalue weighted by molar-refractivity contribution is -0.122. The van der Waals surface area contributed by atoms with Crippen LogP contribution in [0.3, 0.4) is 0 Å². The molecule has 226 valence electrons. The van der Waals surface area contributed by atoms with Crippen LogP contribution in [0.15, 0.2) is 91.2 Å². The van der Waals surface area contributed by atoms with Crippen LogP contribution < -0.4 is 4.74 Å². The van der Waals surface area contributed by atoms with Crippen LogP contribution in [0.25, 0.3) is 0 Å². The standard InChI is InChI=1S/C27H32O3.C5H12O.C2H4.CH2O2/c1-4-20(2)10-11-21(3)29-25-16-17-26(19-25)30-24-14-12-23(13-15-24)27(28)18-22-8-6-5-7-9-22;1-4-5(2)6-3;1-2;2-1-3/h5-15,25-26H,4,16-19H2,1-3H3;5H,4H2,1-3H3;1-2H2;1H,(H,2,3)/b20-10-,21-11+;;;. The molecule has 0 spiro atoms. The van der Waals surface area contributed by atoms with Gasteiger partial charge in [-0.2, -0.15) is 0 Å². The Kier molecular flexibility index (Phi) is 21.1. The van der Waals surface area contributed by atoms with Crippen LogP contribution in [0.2, 0.25) is 0 Å². The lowest BCUT2D eigenvalue weighted by Crippen LogP contribution is -2.15. The van der Waals surface area contributed by atoms with Gasteiger partial charge in [0.15, 0.2) is 5.78 Å². The minimum Gasteiger partial charge on any atom is -0.495 e. The highest BCUT2D eigenvalue weighted by molar-refractivity contribution is 5.97. The smallest absolute Gasteiger partial charge is 0.290 e. The number of methoxy groups -OCH3 is 1. The summed E-state index contributed by atoms with van der Waals surface area (Å²) in [7, 11) is 1.73. The number of ketones is 1. The molecule has 1 saturated carbocycles. The molecule has 0 aliphatic heterocycles. The van der Waals surface area contributed by atoms with Gasteiger partial charge in [-0.1, -0.05) is 55.8 Å². The van der Waals surface area contributed by atoms with Crippen LogP contribution >= 0.6 is 0 Å². The first-order valence-corrected chi connectivity index (χ1v) is 14.2. The van der Waals surface area contributed by atoms with E-state index in [1.165, 1.54) is 5.57 Å². The van der Waals surface area contributed by atoms with Crippen molar-refractivity contribution in [3.8, 4) is 5.75 Å². The zero-order valence-electron chi connectivity index (χ0n) is 25.8. The molecule has 0 saturated heterocycles. The molecule has 1 aliphatic carbocycles. The third-order valence-electron chi connectivity index (χ3n) is 6.51. The Morgan fingerprint density at radius 1 is 1.00 bits per heavy atom. The summed E-state index contributed by atoms with van der Waals surface area (Å²) in [6.07, 6.45) is 10.4. The summed E-state index contributed by atoms with van der Waals surface area (Å²) in [5.41, 5.74) is 3.09. The van der Waals surface area contributed by atoms with E-state index in [1.54, 1.807) is 7.11 Å². The van der Waals surface area contributed by atoms with Crippen molar-refractivity contribution >= 4 is 12.3 Å². The van der Waals surface area contributed by atoms with Crippen LogP contribution in [-0.2, 0) is 20.7 Å². The minimum atomic E-state index is -0.250. The number of rotatable bonds is 11. The number of carbonyl (C=O) groups excluding carboxylic acids is 1. The van der Waals surface area contributed by atoms with Crippen molar-refractivity contribution in [3.05, 3.63) is 102 Å². The molecular formula is C35H50O6. The quantitative estimate of drug-likeness (QED) is 0.0964. The van der Waals surface area contributed by atoms with Gasteiger partial charge in [-0.05, 0) is 82.4 Å². The second-order valence-electron chi connectivity index (χ2n) is 9.61. The Morgan fingerprint density at radius 3 is 2.10 bits per heavy atom. The highest BCUT2D eigenvalue weighted by Crippen LogP contribution is 2.28. The lowest BCUT2D eigenvalue weighted by Gasteiger charge is -2.16. The Hall–Kier alpha value is -3.64. The van der Waals surface area contributed by atoms with Gasteiger partial charge in [-0.15, -0.1) is 13.2 Å². The predicted molar refractivity (Wildman–Crippen MR) is 169 cm³/mol. The van der Waals surface area contributed by atoms with Gasteiger partial charge in [0, 0.05) is 25.5 Å². The zero-order chi connectivity index (χ0) is 31.0. The first-order valence-electron chi connectivity index (χ1n) is 14.2. The van der Waals surface area contributed by atoms with E-state index in [-0.39, 0.29) is 24.5 Å². The maximum absolute atomic E-state index is 12.5. The third-order valence-corrected chi connectivity index (χ3v) is 6.51. The van der Waals surface area contributed by atoms with E-state index in [4.69, 9.17) is 24.1 Å². The summed E-state index contributed by atoms with van der Waals surface area (Å²) >= 11 is 0. The monoisotopic (exact) mass is 566 g/mol. The van der Waals surface area contributed by atoms with E-state index < -0.39 is 0 Å². The topological polar surface area (TPSA) is 82.1 Å². The van der Waals surface area contributed by atoms with Gasteiger partial charge in [0.25, 0.3) is 6.47 Å². The number of carboxylic acid groups (broad SMARTS) is 1. The van der Waals surface area contributed by atoms with Crippen molar-refractivity contribution in [3.63, 3.8) is 0 Å². The van der Waals surface area contributed by atoms with E-state index >= 15 is 0 Å². The summed E-state index contributed by atoms with van der Waals surface area (Å²) in [4.78, 5) is 20.8. The summed E-state index contributed by atoms with van der Waals surface area (Å²) in [5, 5.41) is 6.89. The zero-order valence-corrected chi connectivity index (χ0v) is 25.8. The van der Waals surface area contributed by atoms with Gasteiger partial charge in [-0.3, -0.25) is 9.59 Å². The number of hydrogen-bond acceptors (Lipinski definition) is 5. The fraction of sp³-hybridized carbons (Fsp3) is 0.429. The predicted octanol–water partition coefficient (Wildman–Crippen LogP) is 8.62. The van der Waals surface area contributed by atoms with E-state index in [0.29, 0.717) is 12.5 Å². The lowest BCUT2D eigenvalue weighted by atomic mass is 10.0. The highest BCUT2D eigenvalue weighted by atomic mass is 16.5. The maximum Gasteiger partial charge on any atom is 0.290 e. The average Bonchev–Trinajstić information content (AvgIpc) is 3.44. The van der Waals surface area contributed by atoms with Crippen molar-refractivity contribution in [1.29, 1.82) is 0 Å². The molecule has 1 aliphatic rings. The molecule has 0 aromatic heterocycles. The Bertz CT molecular complexity index is 1020. The van der Waals surface area contributed by atoms with Crippen molar-refractivity contribution in [2.75, 3.05) is 7.11 Å². The highest BCUT2D eigenvalue weighted by Gasteiger charge is 2.27. The Labute approximate surface area is 247 Å². The average molecular weight is 567 g/mol. The van der Waals surface area contributed by atoms with Gasteiger partial charge in [0.2, 0.25) is 0 Å². The molecule has 6 heteroatoms. The molecule has 1 N–H and O–H groups in total. The fourth-order valence-corrected chi connectivity index (χ4v) is 3.76. The van der Waals surface area contributed by atoms with Crippen LogP contribution in [0, 0.1) is 0 Å². The second-order valence-corrected chi connectivity index (χ2v) is 9.61. The Morgan fingerprint density at radius 2 is 1.59 bits per heavy atom. The first kappa shape index (κ1) is 37.4. The van der Waals surface area contributed by atoms with Crippen molar-refractivity contribution in [2.24, 2.45) is 0 Å². The SMILES string of the molecule is C=C.CC/C(C)=C\C=C(/C)OC1CCC(Oc2ccc(C(=O)Cc3ccccc3)cc2)C1.CCC(C)OC.O=CO. The molecule has 6 nitrogen and oxygen atoms in total. The summed E-state index contributed by atoms with van der Waals surface area (Å²) < 4.78 is 17.1. The van der Waals surface area contributed by atoms with Gasteiger partial charge < -0.3 is 19.3 Å². The van der Waals surface area contributed by atoms with Gasteiger partial charge in [-0.25, -0.2) is 0 Å². The number of carbonyl (C=O) groups is 2. The van der Waals surface area contributed by atoms with Crippen LogP contribution in [-0.4, -0.2) is 42.8 Å². The number of ether oxygens (including phenoxy) is 3. The van der Waals surface area contributed by atoms with E-state index in [2.05, 4.69) is 53.0 Å². The first-order chi connectivity index (χ1) is 19.8. The largest absolute Gasteiger partial charge is 0.495 e. The summed E-state index contributed by atoms with van der Waals surface area (Å²) in [6, 6.07) is 17.3. The van der Waals surface area contributed by atoms with E-state index in [1.807, 2.05) is 61.5 Å². The van der Waals surface area contributed by atoms with Gasteiger partial charge in [0.05, 0.1) is 11.9 Å². The number of allylic oxidation sites excluding steroid dienone is 4. The maximum atomic E-state index is 12.5. The van der Waals surface area contributed by atoms with Gasteiger partial charge >= 0.3 is 0 Å². The van der Waals surface area contributed by atoms with Crippen molar-refractivity contribution < 1.29 is 28.9 Å². The second kappa shape index (κ2) is 23.1. The molecule has 2 aromatic carbocycles. The normalized spacial score (nSPS) is 16.8. The van der Waals surface area contributed by atoms with E-state index in [9.17, 15) is 4.79 Å². The number of Topliss-reactive ketones (excluding diaryl/α,β-unsaturated/α-hetero) is 1. The van der Waals surface area contributed by atoms with Gasteiger partial charge in [0.1, 0.15) is 18.0 Å². The molecule has 0 amide bonds. The molecule has 41 heavy (non-hydrogen) atoms. The van der Waals surface area contributed by atoms with E-state index in [0.717, 1.165) is 54.7 Å².